The van der Waals surface area contributed by atoms with Crippen LogP contribution in [-0.4, -0.2) is 10.9 Å². The topological polar surface area (TPSA) is 41.1 Å². The van der Waals surface area contributed by atoms with E-state index < -0.39 is 0 Å². The maximum atomic E-state index is 13.1. The lowest BCUT2D eigenvalue weighted by atomic mass is 9.73. The average Bonchev–Trinajstić information content (AvgIpc) is 2.36. The molecule has 0 aromatic heterocycles. The van der Waals surface area contributed by atoms with Gasteiger partial charge in [0.05, 0.1) is 6.04 Å². The zero-order valence-electron chi connectivity index (χ0n) is 12.0. The molecule has 21 heavy (non-hydrogen) atoms. The van der Waals surface area contributed by atoms with E-state index in [0.29, 0.717) is 11.5 Å². The molecule has 0 unspecified atom stereocenters. The lowest BCUT2D eigenvalue weighted by Crippen LogP contribution is -2.48. The Kier molecular flexibility index (Phi) is 3.32. The Hall–Kier alpha value is -1.75. The number of ketones is 1. The molecule has 110 valence electrons. The van der Waals surface area contributed by atoms with Crippen molar-refractivity contribution in [3.63, 3.8) is 0 Å². The van der Waals surface area contributed by atoms with Crippen molar-refractivity contribution in [3.05, 3.63) is 46.9 Å². The summed E-state index contributed by atoms with van der Waals surface area (Å²) >= 11 is 5.25. The van der Waals surface area contributed by atoms with E-state index in [1.54, 1.807) is 12.1 Å². The highest BCUT2D eigenvalue weighted by Gasteiger charge is 2.39. The minimum absolute atomic E-state index is 0.0663. The van der Waals surface area contributed by atoms with Gasteiger partial charge in [0.2, 0.25) is 0 Å². The monoisotopic (exact) mass is 304 g/mol. The van der Waals surface area contributed by atoms with Gasteiger partial charge in [0.15, 0.2) is 10.9 Å². The van der Waals surface area contributed by atoms with Crippen molar-refractivity contribution in [3.8, 4) is 0 Å². The third kappa shape index (κ3) is 2.70. The fourth-order valence-electron chi connectivity index (χ4n) is 3.06. The van der Waals surface area contributed by atoms with Crippen LogP contribution in [0.3, 0.4) is 0 Å². The molecule has 1 aromatic carbocycles. The van der Waals surface area contributed by atoms with Gasteiger partial charge in [0.25, 0.3) is 0 Å². The lowest BCUT2D eigenvalue weighted by molar-refractivity contribution is -0.118. The molecule has 2 N–H and O–H groups in total. The highest BCUT2D eigenvalue weighted by Crippen LogP contribution is 2.41. The fourth-order valence-corrected chi connectivity index (χ4v) is 3.30. The number of carbonyl (C=O) groups is 1. The second-order valence-corrected chi connectivity index (χ2v) is 6.82. The van der Waals surface area contributed by atoms with E-state index in [9.17, 15) is 9.18 Å². The number of nitrogens with one attached hydrogen (secondary N) is 2. The van der Waals surface area contributed by atoms with Crippen molar-refractivity contribution in [2.24, 2.45) is 5.41 Å². The van der Waals surface area contributed by atoms with Crippen molar-refractivity contribution < 1.29 is 9.18 Å². The first-order valence-corrected chi connectivity index (χ1v) is 7.36. The number of allylic oxidation sites excluding steroid dienone is 1. The van der Waals surface area contributed by atoms with Crippen LogP contribution < -0.4 is 10.6 Å². The molecule has 1 aromatic rings. The minimum Gasteiger partial charge on any atom is -0.351 e. The van der Waals surface area contributed by atoms with Crippen LogP contribution >= 0.6 is 12.2 Å². The first-order chi connectivity index (χ1) is 9.85. The molecule has 1 atom stereocenters. The van der Waals surface area contributed by atoms with Crippen molar-refractivity contribution in [1.29, 1.82) is 0 Å². The van der Waals surface area contributed by atoms with E-state index >= 15 is 0 Å². The maximum Gasteiger partial charge on any atom is 0.171 e. The van der Waals surface area contributed by atoms with Crippen molar-refractivity contribution in [2.75, 3.05) is 0 Å². The largest absolute Gasteiger partial charge is 0.351 e. The summed E-state index contributed by atoms with van der Waals surface area (Å²) in [5.74, 6) is -0.168. The van der Waals surface area contributed by atoms with E-state index in [2.05, 4.69) is 24.5 Å². The summed E-state index contributed by atoms with van der Waals surface area (Å²) in [6, 6.07) is 5.90. The van der Waals surface area contributed by atoms with Gasteiger partial charge in [0.1, 0.15) is 5.82 Å². The number of carbonyl (C=O) groups excluding carboxylic acids is 1. The van der Waals surface area contributed by atoms with Crippen LogP contribution in [0.4, 0.5) is 4.39 Å². The van der Waals surface area contributed by atoms with Gasteiger partial charge in [-0.2, -0.15) is 0 Å². The highest BCUT2D eigenvalue weighted by molar-refractivity contribution is 7.80. The van der Waals surface area contributed by atoms with Gasteiger partial charge in [-0.05, 0) is 41.7 Å². The molecule has 0 spiro atoms. The number of hydrogen-bond acceptors (Lipinski definition) is 2. The molecule has 0 saturated carbocycles. The Morgan fingerprint density at radius 2 is 1.90 bits per heavy atom. The molecular weight excluding hydrogens is 287 g/mol. The summed E-state index contributed by atoms with van der Waals surface area (Å²) in [5.41, 5.74) is 2.41. The van der Waals surface area contributed by atoms with Crippen LogP contribution in [0, 0.1) is 11.2 Å². The fraction of sp³-hybridized carbons (Fsp3) is 0.375. The zero-order valence-corrected chi connectivity index (χ0v) is 12.8. The Labute approximate surface area is 128 Å². The van der Waals surface area contributed by atoms with E-state index in [-0.39, 0.29) is 23.1 Å². The second-order valence-electron chi connectivity index (χ2n) is 6.42. The van der Waals surface area contributed by atoms with Crippen LogP contribution in [0.2, 0.25) is 0 Å². The number of thiocarbonyl (C=S) groups is 1. The Morgan fingerprint density at radius 3 is 2.57 bits per heavy atom. The molecule has 2 aliphatic rings. The number of halogens is 1. The summed E-state index contributed by atoms with van der Waals surface area (Å²) in [7, 11) is 0. The molecular formula is C16H17FN2OS. The van der Waals surface area contributed by atoms with Crippen molar-refractivity contribution >= 4 is 23.1 Å². The lowest BCUT2D eigenvalue weighted by Gasteiger charge is -2.39. The number of rotatable bonds is 1. The molecule has 1 aliphatic carbocycles. The SMILES string of the molecule is CC1(C)CC(=O)C2=C(C1)NC(=S)N[C@H]2c1ccc(F)cc1. The first kappa shape index (κ1) is 14.2. The molecule has 3 rings (SSSR count). The molecule has 0 amide bonds. The van der Waals surface area contributed by atoms with Gasteiger partial charge < -0.3 is 10.6 Å². The van der Waals surface area contributed by atoms with E-state index in [1.165, 1.54) is 12.1 Å². The van der Waals surface area contributed by atoms with Crippen molar-refractivity contribution in [2.45, 2.75) is 32.7 Å². The summed E-state index contributed by atoms with van der Waals surface area (Å²) < 4.78 is 13.1. The van der Waals surface area contributed by atoms with Crippen LogP contribution in [0.15, 0.2) is 35.5 Å². The smallest absolute Gasteiger partial charge is 0.171 e. The Bertz CT molecular complexity index is 649. The standard InChI is InChI=1S/C16H17FN2OS/c1-16(2)7-11-13(12(20)8-16)14(19-15(21)18-11)9-3-5-10(17)6-4-9/h3-6,14H,7-8H2,1-2H3,(H2,18,19,21)/t14-/m0/s1. The predicted octanol–water partition coefficient (Wildman–Crippen LogP) is 2.99. The van der Waals surface area contributed by atoms with Crippen molar-refractivity contribution in [1.82, 2.24) is 10.6 Å². The quantitative estimate of drug-likeness (QED) is 0.783. The average molecular weight is 304 g/mol. The molecule has 3 nitrogen and oxygen atoms in total. The molecule has 0 saturated heterocycles. The third-order valence-corrected chi connectivity index (χ3v) is 4.17. The molecule has 5 heteroatoms. The number of benzene rings is 1. The van der Waals surface area contributed by atoms with Gasteiger partial charge in [-0.15, -0.1) is 0 Å². The van der Waals surface area contributed by atoms with Gasteiger partial charge in [-0.25, -0.2) is 4.39 Å². The molecule has 1 aliphatic heterocycles. The summed E-state index contributed by atoms with van der Waals surface area (Å²) in [6.07, 6.45) is 1.30. The third-order valence-electron chi connectivity index (χ3n) is 3.95. The van der Waals surface area contributed by atoms with E-state index in [4.69, 9.17) is 12.2 Å². The molecule has 0 radical (unpaired) electrons. The van der Waals surface area contributed by atoms with Gasteiger partial charge in [-0.3, -0.25) is 4.79 Å². The molecule has 0 bridgehead atoms. The first-order valence-electron chi connectivity index (χ1n) is 6.95. The highest BCUT2D eigenvalue weighted by atomic mass is 32.1. The van der Waals surface area contributed by atoms with Crippen LogP contribution in [-0.2, 0) is 4.79 Å². The van der Waals surface area contributed by atoms with Gasteiger partial charge >= 0.3 is 0 Å². The summed E-state index contributed by atoms with van der Waals surface area (Å²) in [6.45, 7) is 4.16. The summed E-state index contributed by atoms with van der Waals surface area (Å²) in [4.78, 5) is 12.5. The van der Waals surface area contributed by atoms with Crippen LogP contribution in [0.25, 0.3) is 0 Å². The van der Waals surface area contributed by atoms with Gasteiger partial charge in [0, 0.05) is 17.7 Å². The Morgan fingerprint density at radius 1 is 1.24 bits per heavy atom. The minimum atomic E-state index is -0.294. The maximum absolute atomic E-state index is 13.1. The van der Waals surface area contributed by atoms with Crippen LogP contribution in [0.1, 0.15) is 38.3 Å². The molecule has 0 fully saturated rings. The predicted molar refractivity (Wildman–Crippen MR) is 83.1 cm³/mol. The van der Waals surface area contributed by atoms with E-state index in [1.807, 2.05) is 0 Å². The van der Waals surface area contributed by atoms with Gasteiger partial charge in [-0.1, -0.05) is 26.0 Å². The summed E-state index contributed by atoms with van der Waals surface area (Å²) in [5, 5.41) is 6.76. The molecule has 1 heterocycles. The second kappa shape index (κ2) is 4.91. The zero-order chi connectivity index (χ0) is 15.2. The normalized spacial score (nSPS) is 24.2. The number of hydrogen-bond donors (Lipinski definition) is 2. The Balaban J connectivity index is 2.06. The van der Waals surface area contributed by atoms with Crippen LogP contribution in [0.5, 0.6) is 0 Å². The van der Waals surface area contributed by atoms with E-state index in [0.717, 1.165) is 23.3 Å². The number of Topliss-reactive ketones (excluding diaryl/α,β-unsaturated/α-hetero) is 1.